The number of esters is 1. The first-order chi connectivity index (χ1) is 11.3. The summed E-state index contributed by atoms with van der Waals surface area (Å²) in [5.74, 6) is -0.917. The predicted octanol–water partition coefficient (Wildman–Crippen LogP) is 0.811. The average Bonchev–Trinajstić information content (AvgIpc) is 2.92. The third-order valence-electron chi connectivity index (χ3n) is 3.63. The fourth-order valence-electron chi connectivity index (χ4n) is 2.43. The van der Waals surface area contributed by atoms with E-state index in [1.165, 1.54) is 12.1 Å². The second kappa shape index (κ2) is 7.76. The minimum absolute atomic E-state index is 0.0897. The molecule has 2 rings (SSSR count). The zero-order chi connectivity index (χ0) is 17.7. The minimum atomic E-state index is -3.82. The second-order valence-electron chi connectivity index (χ2n) is 6.13. The van der Waals surface area contributed by atoms with E-state index in [1.807, 2.05) is 13.8 Å². The largest absolute Gasteiger partial charge is 0.464 e. The summed E-state index contributed by atoms with van der Waals surface area (Å²) in [6.07, 6.45) is 0.712. The van der Waals surface area contributed by atoms with Crippen LogP contribution in [0.4, 0.5) is 0 Å². The number of cyclic esters (lactones) is 1. The fourth-order valence-corrected chi connectivity index (χ4v) is 3.66. The highest BCUT2D eigenvalue weighted by Gasteiger charge is 2.32. The van der Waals surface area contributed by atoms with Crippen molar-refractivity contribution in [2.45, 2.75) is 43.7 Å². The zero-order valence-electron chi connectivity index (χ0n) is 13.7. The standard InChI is InChI=1S/C16H22N2O5S/c1-11(2)10-14(15(19)17-13-8-9-23-16(13)20)18-24(21,22)12-6-4-3-5-7-12/h3-7,11,13-14,18H,8-10H2,1-2H3,(H,17,19)/t13-,14-/m0/s1. The molecule has 1 fully saturated rings. The monoisotopic (exact) mass is 354 g/mol. The second-order valence-corrected chi connectivity index (χ2v) is 7.85. The fraction of sp³-hybridized carbons (Fsp3) is 0.500. The summed E-state index contributed by atoms with van der Waals surface area (Å²) in [4.78, 5) is 24.0. The van der Waals surface area contributed by atoms with Gasteiger partial charge < -0.3 is 10.1 Å². The highest BCUT2D eigenvalue weighted by Crippen LogP contribution is 2.13. The molecular formula is C16H22N2O5S. The first-order valence-electron chi connectivity index (χ1n) is 7.84. The summed E-state index contributed by atoms with van der Waals surface area (Å²) in [6, 6.07) is 6.18. The lowest BCUT2D eigenvalue weighted by Crippen LogP contribution is -2.51. The number of ether oxygens (including phenoxy) is 1. The van der Waals surface area contributed by atoms with Crippen molar-refractivity contribution in [1.82, 2.24) is 10.0 Å². The van der Waals surface area contributed by atoms with Crippen molar-refractivity contribution in [2.75, 3.05) is 6.61 Å². The first kappa shape index (κ1) is 18.4. The van der Waals surface area contributed by atoms with E-state index in [2.05, 4.69) is 10.0 Å². The Labute approximate surface area is 141 Å². The van der Waals surface area contributed by atoms with Crippen molar-refractivity contribution in [1.29, 1.82) is 0 Å². The Morgan fingerprint density at radius 2 is 1.96 bits per heavy atom. The van der Waals surface area contributed by atoms with E-state index in [9.17, 15) is 18.0 Å². The predicted molar refractivity (Wildman–Crippen MR) is 87.5 cm³/mol. The van der Waals surface area contributed by atoms with Gasteiger partial charge in [0.1, 0.15) is 12.1 Å². The van der Waals surface area contributed by atoms with Crippen molar-refractivity contribution in [3.8, 4) is 0 Å². The van der Waals surface area contributed by atoms with Gasteiger partial charge in [-0.15, -0.1) is 0 Å². The van der Waals surface area contributed by atoms with Crippen LogP contribution in [0.5, 0.6) is 0 Å². The van der Waals surface area contributed by atoms with Gasteiger partial charge in [-0.1, -0.05) is 32.0 Å². The molecule has 132 valence electrons. The Morgan fingerprint density at radius 1 is 1.29 bits per heavy atom. The van der Waals surface area contributed by atoms with Crippen LogP contribution in [0.15, 0.2) is 35.2 Å². The number of hydrogen-bond acceptors (Lipinski definition) is 5. The van der Waals surface area contributed by atoms with Gasteiger partial charge in [0, 0.05) is 6.42 Å². The quantitative estimate of drug-likeness (QED) is 0.706. The van der Waals surface area contributed by atoms with Crippen LogP contribution >= 0.6 is 0 Å². The molecule has 2 atom stereocenters. The number of hydrogen-bond donors (Lipinski definition) is 2. The molecule has 0 bridgehead atoms. The van der Waals surface area contributed by atoms with Crippen LogP contribution in [-0.2, 0) is 24.3 Å². The molecule has 24 heavy (non-hydrogen) atoms. The van der Waals surface area contributed by atoms with Gasteiger partial charge >= 0.3 is 5.97 Å². The Bertz CT molecular complexity index is 688. The van der Waals surface area contributed by atoms with Gasteiger partial charge in [0.05, 0.1) is 11.5 Å². The minimum Gasteiger partial charge on any atom is -0.464 e. The van der Waals surface area contributed by atoms with E-state index in [-0.39, 0.29) is 17.4 Å². The molecule has 1 heterocycles. The van der Waals surface area contributed by atoms with Crippen LogP contribution in [0.25, 0.3) is 0 Å². The van der Waals surface area contributed by atoms with Crippen LogP contribution in [-0.4, -0.2) is 39.0 Å². The molecule has 8 heteroatoms. The lowest BCUT2D eigenvalue weighted by atomic mass is 10.0. The molecule has 0 radical (unpaired) electrons. The number of benzene rings is 1. The third-order valence-corrected chi connectivity index (χ3v) is 5.11. The van der Waals surface area contributed by atoms with Crippen LogP contribution < -0.4 is 10.0 Å². The SMILES string of the molecule is CC(C)C[C@H](NS(=O)(=O)c1ccccc1)C(=O)N[C@H]1CCOC1=O. The zero-order valence-corrected chi connectivity index (χ0v) is 14.5. The first-order valence-corrected chi connectivity index (χ1v) is 9.32. The maximum Gasteiger partial charge on any atom is 0.328 e. The molecule has 0 saturated carbocycles. The molecule has 1 amide bonds. The van der Waals surface area contributed by atoms with Crippen molar-refractivity contribution in [2.24, 2.45) is 5.92 Å². The van der Waals surface area contributed by atoms with E-state index < -0.39 is 34.0 Å². The summed E-state index contributed by atoms with van der Waals surface area (Å²) in [5.41, 5.74) is 0. The van der Waals surface area contributed by atoms with Gasteiger partial charge in [-0.2, -0.15) is 4.72 Å². The highest BCUT2D eigenvalue weighted by atomic mass is 32.2. The summed E-state index contributed by atoms with van der Waals surface area (Å²) >= 11 is 0. The molecule has 1 aliphatic heterocycles. The molecule has 0 unspecified atom stereocenters. The maximum atomic E-state index is 12.4. The summed E-state index contributed by atoms with van der Waals surface area (Å²) < 4.78 is 32.1. The summed E-state index contributed by atoms with van der Waals surface area (Å²) in [6.45, 7) is 4.04. The van der Waals surface area contributed by atoms with Crippen LogP contribution in [0.2, 0.25) is 0 Å². The third kappa shape index (κ3) is 4.78. The van der Waals surface area contributed by atoms with Gasteiger partial charge in [0.2, 0.25) is 15.9 Å². The number of carbonyl (C=O) groups is 2. The molecule has 2 N–H and O–H groups in total. The van der Waals surface area contributed by atoms with Gasteiger partial charge in [0.25, 0.3) is 0 Å². The van der Waals surface area contributed by atoms with E-state index in [4.69, 9.17) is 4.74 Å². The maximum absolute atomic E-state index is 12.4. The van der Waals surface area contributed by atoms with E-state index in [1.54, 1.807) is 18.2 Å². The van der Waals surface area contributed by atoms with Crippen molar-refractivity contribution in [3.63, 3.8) is 0 Å². The smallest absolute Gasteiger partial charge is 0.328 e. The average molecular weight is 354 g/mol. The topological polar surface area (TPSA) is 102 Å². The highest BCUT2D eigenvalue weighted by molar-refractivity contribution is 7.89. The Hall–Kier alpha value is -1.93. The molecule has 1 aromatic carbocycles. The Kier molecular flexibility index (Phi) is 5.95. The number of amides is 1. The molecule has 0 aromatic heterocycles. The number of sulfonamides is 1. The normalized spacial score (nSPS) is 19.1. The molecule has 7 nitrogen and oxygen atoms in total. The molecule has 1 aliphatic rings. The van der Waals surface area contributed by atoms with Crippen molar-refractivity contribution in [3.05, 3.63) is 30.3 Å². The van der Waals surface area contributed by atoms with Crippen LogP contribution in [0.3, 0.4) is 0 Å². The van der Waals surface area contributed by atoms with Crippen LogP contribution in [0.1, 0.15) is 26.7 Å². The number of carbonyl (C=O) groups excluding carboxylic acids is 2. The number of nitrogens with one attached hydrogen (secondary N) is 2. The lowest BCUT2D eigenvalue weighted by Gasteiger charge is -2.21. The van der Waals surface area contributed by atoms with Gasteiger partial charge in [-0.3, -0.25) is 4.79 Å². The lowest BCUT2D eigenvalue weighted by molar-refractivity contribution is -0.141. The van der Waals surface area contributed by atoms with E-state index in [0.29, 0.717) is 12.8 Å². The van der Waals surface area contributed by atoms with Crippen molar-refractivity contribution < 1.29 is 22.7 Å². The Balaban J connectivity index is 2.13. The summed E-state index contributed by atoms with van der Waals surface area (Å²) in [7, 11) is -3.82. The van der Waals surface area contributed by atoms with E-state index in [0.717, 1.165) is 0 Å². The van der Waals surface area contributed by atoms with E-state index >= 15 is 0 Å². The molecule has 1 saturated heterocycles. The molecule has 1 aromatic rings. The van der Waals surface area contributed by atoms with Gasteiger partial charge in [0.15, 0.2) is 0 Å². The molecular weight excluding hydrogens is 332 g/mol. The van der Waals surface area contributed by atoms with Gasteiger partial charge in [-0.05, 0) is 24.5 Å². The van der Waals surface area contributed by atoms with Crippen molar-refractivity contribution >= 4 is 21.9 Å². The van der Waals surface area contributed by atoms with Crippen LogP contribution in [0, 0.1) is 5.92 Å². The summed E-state index contributed by atoms with van der Waals surface area (Å²) in [5, 5.41) is 2.57. The number of rotatable bonds is 7. The molecule has 0 aliphatic carbocycles. The molecule has 0 spiro atoms. The Morgan fingerprint density at radius 3 is 2.50 bits per heavy atom. The van der Waals surface area contributed by atoms with Gasteiger partial charge in [-0.25, -0.2) is 13.2 Å².